The fourth-order valence-corrected chi connectivity index (χ4v) is 5.58. The molecule has 1 saturated carbocycles. The number of fused-ring (bicyclic) bond motifs is 1. The lowest BCUT2D eigenvalue weighted by molar-refractivity contribution is 0.244. The molecule has 0 spiro atoms. The number of nitrogens with zero attached hydrogens (tertiary/aromatic N) is 8. The molecule has 2 aromatic heterocycles. The van der Waals surface area contributed by atoms with Crippen LogP contribution in [0.4, 0.5) is 23.5 Å². The smallest absolute Gasteiger partial charge is 0.231 e. The average Bonchev–Trinajstić information content (AvgIpc) is 3.84. The molecule has 2 aromatic carbocycles. The zero-order valence-corrected chi connectivity index (χ0v) is 22.1. The van der Waals surface area contributed by atoms with Gasteiger partial charge in [0.05, 0.1) is 0 Å². The number of nitrogens with one attached hydrogen (secondary N) is 1. The second kappa shape index (κ2) is 10.6. The minimum absolute atomic E-state index is 0.578. The summed E-state index contributed by atoms with van der Waals surface area (Å²) >= 11 is 0. The lowest BCUT2D eigenvalue weighted by Crippen LogP contribution is -2.47. The minimum Gasteiger partial charge on any atom is -0.337 e. The highest BCUT2D eigenvalue weighted by atomic mass is 15.4. The van der Waals surface area contributed by atoms with E-state index < -0.39 is 0 Å². The lowest BCUT2D eigenvalue weighted by Gasteiger charge is -2.34. The molecule has 1 aliphatic carbocycles. The standard InChI is InChI=1S/C30H33N9/c1-2-4-22(5-3-1)16-23-18-31-29(32-19-23)37-12-14-38(15-13-37)30-34-21-33-28(36-30)35-26-7-6-24-10-11-39(27-8-9-27)20-25(24)17-26/h1-7,17-19,21,27H,8-16,20H2,(H,33,34,35,36). The van der Waals surface area contributed by atoms with E-state index in [1.54, 1.807) is 6.33 Å². The largest absolute Gasteiger partial charge is 0.337 e. The second-order valence-electron chi connectivity index (χ2n) is 10.7. The third kappa shape index (κ3) is 5.54. The maximum Gasteiger partial charge on any atom is 0.231 e. The first kappa shape index (κ1) is 24.0. The van der Waals surface area contributed by atoms with E-state index in [2.05, 4.69) is 82.4 Å². The van der Waals surface area contributed by atoms with E-state index in [9.17, 15) is 0 Å². The number of benzene rings is 2. The number of hydrogen-bond acceptors (Lipinski definition) is 9. The van der Waals surface area contributed by atoms with Crippen molar-refractivity contribution >= 4 is 23.5 Å². The van der Waals surface area contributed by atoms with Gasteiger partial charge >= 0.3 is 0 Å². The highest BCUT2D eigenvalue weighted by Crippen LogP contribution is 2.32. The first-order chi connectivity index (χ1) is 19.3. The molecule has 9 nitrogen and oxygen atoms in total. The summed E-state index contributed by atoms with van der Waals surface area (Å²) in [4.78, 5) is 29.9. The van der Waals surface area contributed by atoms with Crippen molar-refractivity contribution in [2.24, 2.45) is 0 Å². The summed E-state index contributed by atoms with van der Waals surface area (Å²) < 4.78 is 0. The van der Waals surface area contributed by atoms with Gasteiger partial charge in [-0.25, -0.2) is 19.9 Å². The molecule has 0 amide bonds. The summed E-state index contributed by atoms with van der Waals surface area (Å²) in [5.41, 5.74) is 6.29. The Morgan fingerprint density at radius 3 is 2.28 bits per heavy atom. The Labute approximate surface area is 229 Å². The molecule has 3 aliphatic rings. The third-order valence-corrected chi connectivity index (χ3v) is 7.91. The molecule has 1 N–H and O–H groups in total. The van der Waals surface area contributed by atoms with Crippen LogP contribution in [0.3, 0.4) is 0 Å². The van der Waals surface area contributed by atoms with Crippen LogP contribution in [0.15, 0.2) is 67.3 Å². The molecule has 0 radical (unpaired) electrons. The molecule has 1 saturated heterocycles. The zero-order chi connectivity index (χ0) is 26.0. The van der Waals surface area contributed by atoms with Crippen molar-refractivity contribution in [1.29, 1.82) is 0 Å². The van der Waals surface area contributed by atoms with Crippen molar-refractivity contribution in [2.75, 3.05) is 47.8 Å². The maximum atomic E-state index is 4.74. The van der Waals surface area contributed by atoms with Crippen LogP contribution < -0.4 is 15.1 Å². The van der Waals surface area contributed by atoms with Crippen molar-refractivity contribution in [3.05, 3.63) is 89.5 Å². The first-order valence-corrected chi connectivity index (χ1v) is 13.9. The average molecular weight is 520 g/mol. The molecular formula is C30H33N9. The van der Waals surface area contributed by atoms with Gasteiger partial charge in [-0.1, -0.05) is 36.4 Å². The van der Waals surface area contributed by atoms with Gasteiger partial charge < -0.3 is 15.1 Å². The third-order valence-electron chi connectivity index (χ3n) is 7.91. The molecule has 0 bridgehead atoms. The summed E-state index contributed by atoms with van der Waals surface area (Å²) in [6, 6.07) is 17.9. The van der Waals surface area contributed by atoms with Crippen LogP contribution in [0.2, 0.25) is 0 Å². The fraction of sp³-hybridized carbons (Fsp3) is 0.367. The summed E-state index contributed by atoms with van der Waals surface area (Å²) in [5, 5.41) is 3.41. The molecule has 0 unspecified atom stereocenters. The Hall–Kier alpha value is -4.11. The van der Waals surface area contributed by atoms with Gasteiger partial charge in [-0.2, -0.15) is 4.98 Å². The van der Waals surface area contributed by atoms with E-state index in [-0.39, 0.29) is 0 Å². The topological polar surface area (TPSA) is 86.2 Å². The molecule has 4 aromatic rings. The molecule has 4 heterocycles. The Morgan fingerprint density at radius 2 is 1.51 bits per heavy atom. The van der Waals surface area contributed by atoms with Crippen molar-refractivity contribution < 1.29 is 0 Å². The predicted molar refractivity (Wildman–Crippen MR) is 152 cm³/mol. The summed E-state index contributed by atoms with van der Waals surface area (Å²) in [7, 11) is 0. The molecule has 0 atom stereocenters. The van der Waals surface area contributed by atoms with Crippen molar-refractivity contribution in [1.82, 2.24) is 29.8 Å². The summed E-state index contributed by atoms with van der Waals surface area (Å²) in [6.07, 6.45) is 10.2. The Morgan fingerprint density at radius 1 is 0.744 bits per heavy atom. The summed E-state index contributed by atoms with van der Waals surface area (Å²) in [6.45, 7) is 5.45. The van der Waals surface area contributed by atoms with E-state index in [1.165, 1.54) is 36.1 Å². The molecule has 198 valence electrons. The van der Waals surface area contributed by atoms with Crippen LogP contribution in [0, 0.1) is 0 Å². The second-order valence-corrected chi connectivity index (χ2v) is 10.7. The molecule has 7 rings (SSSR count). The molecule has 2 fully saturated rings. The van der Waals surface area contributed by atoms with E-state index in [0.29, 0.717) is 11.9 Å². The molecule has 2 aliphatic heterocycles. The maximum absolute atomic E-state index is 4.74. The van der Waals surface area contributed by atoms with Gasteiger partial charge in [0.1, 0.15) is 6.33 Å². The van der Waals surface area contributed by atoms with Gasteiger partial charge in [-0.15, -0.1) is 0 Å². The molecule has 39 heavy (non-hydrogen) atoms. The number of anilines is 4. The van der Waals surface area contributed by atoms with Gasteiger partial charge in [0.15, 0.2) is 0 Å². The number of piperazine rings is 1. The number of aromatic nitrogens is 5. The van der Waals surface area contributed by atoms with Gasteiger partial charge in [0.2, 0.25) is 17.8 Å². The predicted octanol–water partition coefficient (Wildman–Crippen LogP) is 3.84. The van der Waals surface area contributed by atoms with E-state index in [1.807, 2.05) is 18.5 Å². The van der Waals surface area contributed by atoms with E-state index >= 15 is 0 Å². The van der Waals surface area contributed by atoms with Crippen LogP contribution in [-0.4, -0.2) is 68.6 Å². The first-order valence-electron chi connectivity index (χ1n) is 13.9. The van der Waals surface area contributed by atoms with Crippen LogP contribution in [0.1, 0.15) is 35.1 Å². The highest BCUT2D eigenvalue weighted by molar-refractivity contribution is 5.57. The zero-order valence-electron chi connectivity index (χ0n) is 22.1. The molecular weight excluding hydrogens is 486 g/mol. The van der Waals surface area contributed by atoms with E-state index in [4.69, 9.17) is 4.98 Å². The lowest BCUT2D eigenvalue weighted by atomic mass is 9.99. The normalized spacial score (nSPS) is 17.6. The number of hydrogen-bond donors (Lipinski definition) is 1. The van der Waals surface area contributed by atoms with Gasteiger partial charge in [0, 0.05) is 69.8 Å². The molecule has 9 heteroatoms. The van der Waals surface area contributed by atoms with Crippen LogP contribution in [-0.2, 0) is 19.4 Å². The van der Waals surface area contributed by atoms with E-state index in [0.717, 1.165) is 68.8 Å². The van der Waals surface area contributed by atoms with Crippen LogP contribution in [0.5, 0.6) is 0 Å². The highest BCUT2D eigenvalue weighted by Gasteiger charge is 2.31. The van der Waals surface area contributed by atoms with Gasteiger partial charge in [0.25, 0.3) is 0 Å². The SMILES string of the molecule is c1ccc(Cc2cnc(N3CCN(c4ncnc(Nc5ccc6c(c5)CN(C5CC5)CC6)n4)CC3)nc2)cc1. The number of rotatable bonds is 7. The Bertz CT molecular complexity index is 1410. The fourth-order valence-electron chi connectivity index (χ4n) is 5.58. The van der Waals surface area contributed by atoms with Gasteiger partial charge in [-0.05, 0) is 53.6 Å². The monoisotopic (exact) mass is 519 g/mol. The van der Waals surface area contributed by atoms with Crippen molar-refractivity contribution in [3.8, 4) is 0 Å². The minimum atomic E-state index is 0.578. The van der Waals surface area contributed by atoms with Crippen molar-refractivity contribution in [2.45, 2.75) is 38.3 Å². The van der Waals surface area contributed by atoms with Gasteiger partial charge in [-0.3, -0.25) is 4.90 Å². The van der Waals surface area contributed by atoms with Crippen LogP contribution in [0.25, 0.3) is 0 Å². The Balaban J connectivity index is 0.962. The Kier molecular flexibility index (Phi) is 6.50. The van der Waals surface area contributed by atoms with Crippen molar-refractivity contribution in [3.63, 3.8) is 0 Å². The quantitative estimate of drug-likeness (QED) is 0.391. The van der Waals surface area contributed by atoms with Crippen LogP contribution >= 0.6 is 0 Å². The summed E-state index contributed by atoms with van der Waals surface area (Å²) in [5.74, 6) is 2.05.